The first-order chi connectivity index (χ1) is 12.8. The summed E-state index contributed by atoms with van der Waals surface area (Å²) in [7, 11) is 0. The Labute approximate surface area is 156 Å². The topological polar surface area (TPSA) is 81.9 Å². The van der Waals surface area contributed by atoms with E-state index in [1.165, 1.54) is 12.3 Å². The molecule has 0 aliphatic heterocycles. The van der Waals surface area contributed by atoms with Gasteiger partial charge < -0.3 is 14.8 Å². The molecule has 0 aliphatic rings. The molecule has 3 rings (SSSR count). The molecular weight excluding hydrogens is 383 g/mol. The van der Waals surface area contributed by atoms with Gasteiger partial charge in [0.25, 0.3) is 0 Å². The van der Waals surface area contributed by atoms with Crippen LogP contribution in [0.5, 0.6) is 11.6 Å². The molecule has 1 aromatic carbocycles. The van der Waals surface area contributed by atoms with Crippen LogP contribution in [0.4, 0.5) is 13.2 Å². The number of nitriles is 1. The van der Waals surface area contributed by atoms with Gasteiger partial charge in [-0.3, -0.25) is 0 Å². The van der Waals surface area contributed by atoms with E-state index in [2.05, 4.69) is 9.97 Å². The predicted molar refractivity (Wildman–Crippen MR) is 91.2 cm³/mol. The first kappa shape index (κ1) is 18.6. The van der Waals surface area contributed by atoms with Crippen molar-refractivity contribution < 1.29 is 23.0 Å². The van der Waals surface area contributed by atoms with Gasteiger partial charge in [0, 0.05) is 18.5 Å². The van der Waals surface area contributed by atoms with Crippen molar-refractivity contribution in [1.82, 2.24) is 9.97 Å². The SMILES string of the molecule is N#Cc1cc(COc2cc(O)c(-c3cc(C(F)(F)F)c[nH]3)cn2)ccc1Cl. The Balaban J connectivity index is 1.75. The van der Waals surface area contributed by atoms with Crippen molar-refractivity contribution in [1.29, 1.82) is 5.26 Å². The summed E-state index contributed by atoms with van der Waals surface area (Å²) < 4.78 is 43.5. The third-order valence-electron chi connectivity index (χ3n) is 3.70. The number of hydrogen-bond donors (Lipinski definition) is 2. The molecule has 0 unspecified atom stereocenters. The second-order valence-corrected chi connectivity index (χ2v) is 5.96. The van der Waals surface area contributed by atoms with Crippen molar-refractivity contribution in [2.24, 2.45) is 0 Å². The molecule has 0 radical (unpaired) electrons. The molecule has 0 saturated carbocycles. The summed E-state index contributed by atoms with van der Waals surface area (Å²) in [4.78, 5) is 6.45. The Hall–Kier alpha value is -3.18. The van der Waals surface area contributed by atoms with E-state index in [1.54, 1.807) is 18.2 Å². The van der Waals surface area contributed by atoms with Gasteiger partial charge in [0.2, 0.25) is 5.88 Å². The summed E-state index contributed by atoms with van der Waals surface area (Å²) in [5.74, 6) is -0.211. The maximum Gasteiger partial charge on any atom is 0.417 e. The number of rotatable bonds is 4. The van der Waals surface area contributed by atoms with Gasteiger partial charge in [-0.25, -0.2) is 4.98 Å². The number of aromatic nitrogens is 2. The van der Waals surface area contributed by atoms with Gasteiger partial charge in [0.1, 0.15) is 18.4 Å². The van der Waals surface area contributed by atoms with Crippen LogP contribution in [-0.4, -0.2) is 15.1 Å². The number of ether oxygens (including phenoxy) is 1. The Morgan fingerprint density at radius 2 is 2.04 bits per heavy atom. The number of H-pyrrole nitrogens is 1. The minimum atomic E-state index is -4.48. The first-order valence-corrected chi connectivity index (χ1v) is 7.92. The van der Waals surface area contributed by atoms with Crippen LogP contribution in [0, 0.1) is 11.3 Å². The van der Waals surface area contributed by atoms with Gasteiger partial charge >= 0.3 is 6.18 Å². The van der Waals surface area contributed by atoms with Crippen LogP contribution in [0.1, 0.15) is 16.7 Å². The number of hydrogen-bond acceptors (Lipinski definition) is 4. The van der Waals surface area contributed by atoms with Gasteiger partial charge in [0.05, 0.1) is 27.4 Å². The molecule has 0 bridgehead atoms. The highest BCUT2D eigenvalue weighted by molar-refractivity contribution is 6.31. The van der Waals surface area contributed by atoms with Crippen molar-refractivity contribution in [2.75, 3.05) is 0 Å². The molecule has 0 amide bonds. The molecule has 0 saturated heterocycles. The number of halogens is 4. The second-order valence-electron chi connectivity index (χ2n) is 5.55. The Kier molecular flexibility index (Phi) is 4.97. The fraction of sp³-hybridized carbons (Fsp3) is 0.111. The van der Waals surface area contributed by atoms with Crippen molar-refractivity contribution >= 4 is 11.6 Å². The van der Waals surface area contributed by atoms with Gasteiger partial charge in [-0.1, -0.05) is 17.7 Å². The summed E-state index contributed by atoms with van der Waals surface area (Å²) in [6, 6.07) is 8.84. The van der Waals surface area contributed by atoms with Gasteiger partial charge in [-0.2, -0.15) is 18.4 Å². The maximum absolute atomic E-state index is 12.7. The lowest BCUT2D eigenvalue weighted by atomic mass is 10.1. The maximum atomic E-state index is 12.7. The molecule has 27 heavy (non-hydrogen) atoms. The van der Waals surface area contributed by atoms with Crippen LogP contribution in [0.2, 0.25) is 5.02 Å². The third kappa shape index (κ3) is 4.15. The zero-order valence-corrected chi connectivity index (χ0v) is 14.3. The Morgan fingerprint density at radius 1 is 1.26 bits per heavy atom. The van der Waals surface area contributed by atoms with Crippen molar-refractivity contribution in [3.8, 4) is 29.0 Å². The highest BCUT2D eigenvalue weighted by atomic mass is 35.5. The second kappa shape index (κ2) is 7.21. The molecule has 5 nitrogen and oxygen atoms in total. The lowest BCUT2D eigenvalue weighted by molar-refractivity contribution is -0.137. The normalized spacial score (nSPS) is 11.2. The molecule has 2 aromatic heterocycles. The van der Waals surface area contributed by atoms with Crippen molar-refractivity contribution in [3.63, 3.8) is 0 Å². The van der Waals surface area contributed by atoms with Gasteiger partial charge in [-0.15, -0.1) is 0 Å². The average molecular weight is 394 g/mol. The molecule has 2 heterocycles. The fourth-order valence-corrected chi connectivity index (χ4v) is 2.49. The van der Waals surface area contributed by atoms with E-state index in [-0.39, 0.29) is 29.5 Å². The molecule has 9 heteroatoms. The molecule has 2 N–H and O–H groups in total. The standard InChI is InChI=1S/C18H11ClF3N3O2/c19-14-2-1-10(3-11(14)6-23)9-27-17-5-16(26)13(8-25-17)15-4-12(7-24-15)18(20,21)22/h1-5,7-8,24H,9H2,(H,25,26). The van der Waals surface area contributed by atoms with Gasteiger partial charge in [0.15, 0.2) is 0 Å². The zero-order valence-electron chi connectivity index (χ0n) is 13.5. The van der Waals surface area contributed by atoms with Crippen LogP contribution in [-0.2, 0) is 12.8 Å². The largest absolute Gasteiger partial charge is 0.507 e. The summed E-state index contributed by atoms with van der Waals surface area (Å²) in [6.45, 7) is 0.0678. The van der Waals surface area contributed by atoms with Crippen molar-refractivity contribution in [3.05, 3.63) is 64.4 Å². The van der Waals surface area contributed by atoms with E-state index >= 15 is 0 Å². The summed E-state index contributed by atoms with van der Waals surface area (Å²) in [5.41, 5.74) is 0.302. The molecule has 0 aliphatic carbocycles. The summed E-state index contributed by atoms with van der Waals surface area (Å²) >= 11 is 5.86. The Morgan fingerprint density at radius 3 is 2.67 bits per heavy atom. The number of aromatic hydroxyl groups is 1. The van der Waals surface area contributed by atoms with E-state index in [0.29, 0.717) is 16.1 Å². The van der Waals surface area contributed by atoms with E-state index in [1.807, 2.05) is 6.07 Å². The van der Waals surface area contributed by atoms with Crippen LogP contribution in [0.3, 0.4) is 0 Å². The summed E-state index contributed by atoms with van der Waals surface area (Å²) in [5, 5.41) is 19.4. The molecular formula is C18H11ClF3N3O2. The minimum absolute atomic E-state index is 0.0678. The smallest absolute Gasteiger partial charge is 0.417 e. The van der Waals surface area contributed by atoms with Crippen LogP contribution >= 0.6 is 11.6 Å². The molecule has 138 valence electrons. The molecule has 0 atom stereocenters. The molecule has 3 aromatic rings. The first-order valence-electron chi connectivity index (χ1n) is 7.54. The molecule has 0 fully saturated rings. The third-order valence-corrected chi connectivity index (χ3v) is 4.03. The zero-order chi connectivity index (χ0) is 19.6. The number of alkyl halides is 3. The minimum Gasteiger partial charge on any atom is -0.507 e. The summed E-state index contributed by atoms with van der Waals surface area (Å²) in [6.07, 6.45) is -2.46. The number of benzene rings is 1. The van der Waals surface area contributed by atoms with Gasteiger partial charge in [-0.05, 0) is 23.8 Å². The average Bonchev–Trinajstić information content (AvgIpc) is 3.11. The highest BCUT2D eigenvalue weighted by Gasteiger charge is 2.32. The van der Waals surface area contributed by atoms with E-state index in [0.717, 1.165) is 12.3 Å². The lowest BCUT2D eigenvalue weighted by Crippen LogP contribution is -2.02. The van der Waals surface area contributed by atoms with E-state index in [4.69, 9.17) is 21.6 Å². The predicted octanol–water partition coefficient (Wildman–Crippen LogP) is 4.91. The number of nitrogens with one attached hydrogen (secondary N) is 1. The number of aromatic amines is 1. The quantitative estimate of drug-likeness (QED) is 0.660. The monoisotopic (exact) mass is 393 g/mol. The lowest BCUT2D eigenvalue weighted by Gasteiger charge is -2.08. The number of pyridine rings is 1. The molecule has 0 spiro atoms. The van der Waals surface area contributed by atoms with E-state index < -0.39 is 11.7 Å². The van der Waals surface area contributed by atoms with E-state index in [9.17, 15) is 18.3 Å². The number of nitrogens with zero attached hydrogens (tertiary/aromatic N) is 2. The highest BCUT2D eigenvalue weighted by Crippen LogP contribution is 2.35. The van der Waals surface area contributed by atoms with Crippen LogP contribution in [0.15, 0.2) is 42.7 Å². The Bertz CT molecular complexity index is 1030. The van der Waals surface area contributed by atoms with Crippen molar-refractivity contribution in [2.45, 2.75) is 12.8 Å². The van der Waals surface area contributed by atoms with Crippen LogP contribution < -0.4 is 4.74 Å². The van der Waals surface area contributed by atoms with Crippen LogP contribution in [0.25, 0.3) is 11.3 Å². The fourth-order valence-electron chi connectivity index (χ4n) is 2.33.